The summed E-state index contributed by atoms with van der Waals surface area (Å²) in [5.41, 5.74) is 11.6. The molecule has 0 nitrogen and oxygen atoms in total. The average Bonchev–Trinajstić information content (AvgIpc) is 3.08. The first-order valence-corrected chi connectivity index (χ1v) is 15.2. The van der Waals surface area contributed by atoms with E-state index in [1.165, 1.54) is 66.1 Å². The van der Waals surface area contributed by atoms with Crippen LogP contribution in [-0.2, 0) is 0 Å². The van der Waals surface area contributed by atoms with Gasteiger partial charge in [0.1, 0.15) is 0 Å². The summed E-state index contributed by atoms with van der Waals surface area (Å²) in [6.45, 7) is 14.3. The van der Waals surface area contributed by atoms with E-state index in [-0.39, 0.29) is 0 Å². The van der Waals surface area contributed by atoms with Gasteiger partial charge >= 0.3 is 0 Å². The standard InChI is InChI=1S/C44H36/c1-5-7-16-31(3)32(4)29-33(6-2)37-19-15-20-38(30-37)34-25-27-36(28-26-34)44-41-23-13-11-21-39(41)43(35-17-9-8-10-18-35)40-22-12-14-24-42(40)44/h5,7-30H,1,3-4,6H2,2H3. The van der Waals surface area contributed by atoms with Crippen molar-refractivity contribution in [2.24, 2.45) is 0 Å². The van der Waals surface area contributed by atoms with Crippen LogP contribution >= 0.6 is 0 Å². The topological polar surface area (TPSA) is 0 Å². The predicted octanol–water partition coefficient (Wildman–Crippen LogP) is 12.6. The molecule has 0 atom stereocenters. The Morgan fingerprint density at radius 3 is 1.59 bits per heavy atom. The Hall–Kier alpha value is -5.46. The minimum atomic E-state index is 0.888. The maximum Gasteiger partial charge on any atom is -0.00264 e. The molecule has 0 saturated heterocycles. The lowest BCUT2D eigenvalue weighted by atomic mass is 9.85. The number of hydrogen-bond donors (Lipinski definition) is 0. The third-order valence-electron chi connectivity index (χ3n) is 8.31. The molecule has 0 aliphatic heterocycles. The van der Waals surface area contributed by atoms with Crippen molar-refractivity contribution in [2.75, 3.05) is 0 Å². The van der Waals surface area contributed by atoms with Crippen molar-refractivity contribution < 1.29 is 0 Å². The lowest BCUT2D eigenvalue weighted by Gasteiger charge is -2.18. The molecule has 0 unspecified atom stereocenters. The van der Waals surface area contributed by atoms with Crippen molar-refractivity contribution >= 4 is 27.1 Å². The van der Waals surface area contributed by atoms with Crippen molar-refractivity contribution in [1.29, 1.82) is 0 Å². The largest absolute Gasteiger partial charge is 0.0991 e. The van der Waals surface area contributed by atoms with Gasteiger partial charge in [-0.15, -0.1) is 0 Å². The predicted molar refractivity (Wildman–Crippen MR) is 194 cm³/mol. The van der Waals surface area contributed by atoms with E-state index in [2.05, 4.69) is 160 Å². The monoisotopic (exact) mass is 564 g/mol. The Morgan fingerprint density at radius 1 is 0.545 bits per heavy atom. The van der Waals surface area contributed by atoms with E-state index >= 15 is 0 Å². The summed E-state index contributed by atoms with van der Waals surface area (Å²) >= 11 is 0. The second-order valence-electron chi connectivity index (χ2n) is 11.0. The number of benzene rings is 6. The Kier molecular flexibility index (Phi) is 8.34. The van der Waals surface area contributed by atoms with Crippen LogP contribution in [0.5, 0.6) is 0 Å². The molecule has 0 N–H and O–H groups in total. The van der Waals surface area contributed by atoms with Gasteiger partial charge in [0, 0.05) is 0 Å². The Labute approximate surface area is 261 Å². The molecule has 0 bridgehead atoms. The first-order valence-electron chi connectivity index (χ1n) is 15.2. The Balaban J connectivity index is 1.41. The molecule has 6 rings (SSSR count). The molecule has 44 heavy (non-hydrogen) atoms. The van der Waals surface area contributed by atoms with Gasteiger partial charge in [-0.25, -0.2) is 0 Å². The van der Waals surface area contributed by atoms with Gasteiger partial charge in [-0.3, -0.25) is 0 Å². The molecule has 6 aromatic carbocycles. The van der Waals surface area contributed by atoms with E-state index in [1.807, 2.05) is 12.2 Å². The van der Waals surface area contributed by atoms with E-state index in [0.29, 0.717) is 0 Å². The number of hydrogen-bond acceptors (Lipinski definition) is 0. The first kappa shape index (κ1) is 28.6. The molecule has 0 heteroatoms. The molecule has 212 valence electrons. The van der Waals surface area contributed by atoms with E-state index in [4.69, 9.17) is 0 Å². The highest BCUT2D eigenvalue weighted by Crippen LogP contribution is 2.43. The van der Waals surface area contributed by atoms with Crippen molar-refractivity contribution in [3.05, 3.63) is 188 Å². The molecule has 6 aromatic rings. The minimum Gasteiger partial charge on any atom is -0.0991 e. The van der Waals surface area contributed by atoms with Crippen LogP contribution in [0.3, 0.4) is 0 Å². The van der Waals surface area contributed by atoms with Crippen LogP contribution in [0.4, 0.5) is 0 Å². The smallest absolute Gasteiger partial charge is 0.00264 e. The van der Waals surface area contributed by atoms with Gasteiger partial charge in [-0.2, -0.15) is 0 Å². The van der Waals surface area contributed by atoms with E-state index in [9.17, 15) is 0 Å². The Bertz CT molecular complexity index is 2010. The van der Waals surface area contributed by atoms with Crippen molar-refractivity contribution in [2.45, 2.75) is 13.3 Å². The zero-order valence-corrected chi connectivity index (χ0v) is 25.3. The summed E-state index contributed by atoms with van der Waals surface area (Å²) in [4.78, 5) is 0. The van der Waals surface area contributed by atoms with Gasteiger partial charge in [-0.1, -0.05) is 172 Å². The summed E-state index contributed by atoms with van der Waals surface area (Å²) < 4.78 is 0. The van der Waals surface area contributed by atoms with E-state index < -0.39 is 0 Å². The molecule has 0 fully saturated rings. The fourth-order valence-electron chi connectivity index (χ4n) is 6.07. The molecule has 0 aromatic heterocycles. The normalized spacial score (nSPS) is 11.7. The lowest BCUT2D eigenvalue weighted by molar-refractivity contribution is 1.23. The van der Waals surface area contributed by atoms with Crippen LogP contribution in [0, 0.1) is 0 Å². The van der Waals surface area contributed by atoms with Crippen LogP contribution in [0.25, 0.3) is 60.5 Å². The number of fused-ring (bicyclic) bond motifs is 2. The molecule has 0 radical (unpaired) electrons. The second-order valence-corrected chi connectivity index (χ2v) is 11.0. The maximum atomic E-state index is 4.24. The molecule has 0 amide bonds. The average molecular weight is 565 g/mol. The molecule has 0 saturated carbocycles. The zero-order chi connectivity index (χ0) is 30.5. The highest BCUT2D eigenvalue weighted by atomic mass is 14.2. The van der Waals surface area contributed by atoms with Crippen molar-refractivity contribution in [1.82, 2.24) is 0 Å². The first-order chi connectivity index (χ1) is 21.6. The molecular weight excluding hydrogens is 528 g/mol. The summed E-state index contributed by atoms with van der Waals surface area (Å²) in [5, 5.41) is 5.07. The van der Waals surface area contributed by atoms with Crippen LogP contribution in [0.2, 0.25) is 0 Å². The summed E-state index contributed by atoms with van der Waals surface area (Å²) in [6, 6.07) is 46.2. The van der Waals surface area contributed by atoms with Gasteiger partial charge in [0.2, 0.25) is 0 Å². The molecular formula is C44H36. The number of rotatable bonds is 9. The Morgan fingerprint density at radius 2 is 1.05 bits per heavy atom. The fourth-order valence-corrected chi connectivity index (χ4v) is 6.07. The zero-order valence-electron chi connectivity index (χ0n) is 25.3. The van der Waals surface area contributed by atoms with Gasteiger partial charge < -0.3 is 0 Å². The fraction of sp³-hybridized carbons (Fsp3) is 0.0455. The van der Waals surface area contributed by atoms with Crippen LogP contribution in [0.1, 0.15) is 18.9 Å². The van der Waals surface area contributed by atoms with Crippen LogP contribution in [0.15, 0.2) is 183 Å². The molecule has 0 spiro atoms. The SMILES string of the molecule is C=CC=CC(=C)C(=C)C=C(CC)c1cccc(-c2ccc(-c3c4ccccc4c(-c4ccccc4)c4ccccc34)cc2)c1. The second kappa shape index (κ2) is 12.8. The molecule has 0 aliphatic rings. The quantitative estimate of drug-likeness (QED) is 0.121. The van der Waals surface area contributed by atoms with Gasteiger partial charge in [-0.05, 0) is 89.7 Å². The third-order valence-corrected chi connectivity index (χ3v) is 8.31. The molecule has 0 aliphatic carbocycles. The summed E-state index contributed by atoms with van der Waals surface area (Å²) in [5.74, 6) is 0. The van der Waals surface area contributed by atoms with Crippen molar-refractivity contribution in [3.8, 4) is 33.4 Å². The van der Waals surface area contributed by atoms with Crippen molar-refractivity contribution in [3.63, 3.8) is 0 Å². The van der Waals surface area contributed by atoms with Gasteiger partial charge in [0.15, 0.2) is 0 Å². The maximum absolute atomic E-state index is 4.24. The third kappa shape index (κ3) is 5.63. The van der Waals surface area contributed by atoms with E-state index in [0.717, 1.165) is 17.6 Å². The van der Waals surface area contributed by atoms with Gasteiger partial charge in [0.05, 0.1) is 0 Å². The van der Waals surface area contributed by atoms with Gasteiger partial charge in [0.25, 0.3) is 0 Å². The minimum absolute atomic E-state index is 0.888. The van der Waals surface area contributed by atoms with Crippen LogP contribution < -0.4 is 0 Å². The summed E-state index contributed by atoms with van der Waals surface area (Å²) in [6.07, 6.45) is 8.63. The van der Waals surface area contributed by atoms with Crippen LogP contribution in [-0.4, -0.2) is 0 Å². The number of allylic oxidation sites excluding steroid dienone is 7. The highest BCUT2D eigenvalue weighted by molar-refractivity contribution is 6.21. The molecule has 0 heterocycles. The van der Waals surface area contributed by atoms with E-state index in [1.54, 1.807) is 6.08 Å². The highest BCUT2D eigenvalue weighted by Gasteiger charge is 2.16. The summed E-state index contributed by atoms with van der Waals surface area (Å²) in [7, 11) is 0. The lowest BCUT2D eigenvalue weighted by Crippen LogP contribution is -1.91.